The van der Waals surface area contributed by atoms with Crippen molar-refractivity contribution in [2.24, 2.45) is 5.92 Å². The molecule has 1 rings (SSSR count). The van der Waals surface area contributed by atoms with Crippen molar-refractivity contribution in [2.45, 2.75) is 20.4 Å². The second-order valence-electron chi connectivity index (χ2n) is 4.13. The highest BCUT2D eigenvalue weighted by atomic mass is 32.1. The molecule has 0 saturated carbocycles. The largest absolute Gasteiger partial charge is 0.354 e. The van der Waals surface area contributed by atoms with E-state index < -0.39 is 0 Å². The first-order valence-electron chi connectivity index (χ1n) is 5.91. The van der Waals surface area contributed by atoms with Crippen LogP contribution < -0.4 is 16.0 Å². The van der Waals surface area contributed by atoms with Gasteiger partial charge in [0.15, 0.2) is 0 Å². The van der Waals surface area contributed by atoms with Gasteiger partial charge in [-0.3, -0.25) is 4.79 Å². The molecule has 6 heteroatoms. The summed E-state index contributed by atoms with van der Waals surface area (Å²) in [4.78, 5) is 23.7. The topological polar surface area (TPSA) is 70.2 Å². The Labute approximate surface area is 111 Å². The molecule has 1 aromatic heterocycles. The molecule has 0 aliphatic rings. The zero-order chi connectivity index (χ0) is 13.4. The minimum Gasteiger partial charge on any atom is -0.354 e. The molecule has 0 saturated heterocycles. The van der Waals surface area contributed by atoms with Crippen molar-refractivity contribution in [3.8, 4) is 0 Å². The van der Waals surface area contributed by atoms with Crippen LogP contribution in [0.5, 0.6) is 0 Å². The van der Waals surface area contributed by atoms with Gasteiger partial charge in [0.2, 0.25) is 5.91 Å². The van der Waals surface area contributed by atoms with Crippen LogP contribution in [-0.2, 0) is 11.3 Å². The smallest absolute Gasteiger partial charge is 0.315 e. The van der Waals surface area contributed by atoms with Crippen LogP contribution in [0, 0.1) is 5.92 Å². The van der Waals surface area contributed by atoms with Gasteiger partial charge in [-0.1, -0.05) is 19.9 Å². The Morgan fingerprint density at radius 3 is 2.56 bits per heavy atom. The third-order valence-electron chi connectivity index (χ3n) is 2.24. The second kappa shape index (κ2) is 7.71. The second-order valence-corrected chi connectivity index (χ2v) is 5.17. The average molecular weight is 269 g/mol. The molecular weight excluding hydrogens is 250 g/mol. The minimum atomic E-state index is -0.220. The Morgan fingerprint density at radius 2 is 1.94 bits per heavy atom. The Morgan fingerprint density at radius 1 is 1.22 bits per heavy atom. The lowest BCUT2D eigenvalue weighted by Gasteiger charge is -2.09. The quantitative estimate of drug-likeness (QED) is 0.682. The zero-order valence-electron chi connectivity index (χ0n) is 10.7. The molecule has 100 valence electrons. The maximum Gasteiger partial charge on any atom is 0.315 e. The van der Waals surface area contributed by atoms with Crippen molar-refractivity contribution in [1.29, 1.82) is 0 Å². The van der Waals surface area contributed by atoms with E-state index in [0.29, 0.717) is 19.6 Å². The number of hydrogen-bond acceptors (Lipinski definition) is 3. The van der Waals surface area contributed by atoms with E-state index in [1.165, 1.54) is 0 Å². The van der Waals surface area contributed by atoms with Crippen LogP contribution in [0.15, 0.2) is 17.5 Å². The van der Waals surface area contributed by atoms with Crippen molar-refractivity contribution < 1.29 is 9.59 Å². The highest BCUT2D eigenvalue weighted by Gasteiger charge is 2.05. The van der Waals surface area contributed by atoms with E-state index in [0.717, 1.165) is 4.88 Å². The van der Waals surface area contributed by atoms with E-state index in [1.807, 2.05) is 31.4 Å². The summed E-state index contributed by atoms with van der Waals surface area (Å²) >= 11 is 1.60. The zero-order valence-corrected chi connectivity index (χ0v) is 11.5. The fourth-order valence-corrected chi connectivity index (χ4v) is 1.85. The van der Waals surface area contributed by atoms with Gasteiger partial charge in [-0.2, -0.15) is 0 Å². The predicted octanol–water partition coefficient (Wildman–Crippen LogP) is 1.32. The summed E-state index contributed by atoms with van der Waals surface area (Å²) in [5, 5.41) is 10.1. The van der Waals surface area contributed by atoms with Crippen LogP contribution in [0.1, 0.15) is 18.7 Å². The van der Waals surface area contributed by atoms with Gasteiger partial charge in [0.25, 0.3) is 0 Å². The molecule has 3 amide bonds. The Kier molecular flexibility index (Phi) is 6.21. The molecule has 0 spiro atoms. The van der Waals surface area contributed by atoms with Crippen LogP contribution >= 0.6 is 11.3 Å². The summed E-state index contributed by atoms with van der Waals surface area (Å²) in [6.07, 6.45) is 0. The number of carbonyl (C=O) groups is 2. The van der Waals surface area contributed by atoms with Gasteiger partial charge in [-0.25, -0.2) is 4.79 Å². The fraction of sp³-hybridized carbons (Fsp3) is 0.500. The van der Waals surface area contributed by atoms with Gasteiger partial charge in [0.05, 0.1) is 6.54 Å². The number of amides is 3. The van der Waals surface area contributed by atoms with Gasteiger partial charge in [-0.05, 0) is 11.4 Å². The standard InChI is InChI=1S/C12H19N3O2S/c1-9(2)11(16)13-5-6-14-12(17)15-8-10-4-3-7-18-10/h3-4,7,9H,5-6,8H2,1-2H3,(H,13,16)(H2,14,15,17). The minimum absolute atomic E-state index is 0.00389. The van der Waals surface area contributed by atoms with Crippen molar-refractivity contribution in [3.05, 3.63) is 22.4 Å². The number of thiophene rings is 1. The average Bonchev–Trinajstić information content (AvgIpc) is 2.84. The monoisotopic (exact) mass is 269 g/mol. The Hall–Kier alpha value is -1.56. The van der Waals surface area contributed by atoms with Gasteiger partial charge in [0, 0.05) is 23.9 Å². The fourth-order valence-electron chi connectivity index (χ4n) is 1.21. The summed E-state index contributed by atoms with van der Waals surface area (Å²) in [6.45, 7) is 5.06. The molecule has 0 radical (unpaired) electrons. The highest BCUT2D eigenvalue weighted by molar-refractivity contribution is 7.09. The molecule has 0 aromatic carbocycles. The number of nitrogens with one attached hydrogen (secondary N) is 3. The van der Waals surface area contributed by atoms with Crippen LogP contribution in [0.25, 0.3) is 0 Å². The van der Waals surface area contributed by atoms with Gasteiger partial charge in [0.1, 0.15) is 0 Å². The summed E-state index contributed by atoms with van der Waals surface area (Å²) in [5.41, 5.74) is 0. The lowest BCUT2D eigenvalue weighted by atomic mass is 10.2. The van der Waals surface area contributed by atoms with E-state index >= 15 is 0 Å². The molecule has 0 fully saturated rings. The maximum atomic E-state index is 11.4. The normalized spacial score (nSPS) is 10.2. The summed E-state index contributed by atoms with van der Waals surface area (Å²) in [7, 11) is 0. The van der Waals surface area contributed by atoms with E-state index in [9.17, 15) is 9.59 Å². The van der Waals surface area contributed by atoms with Crippen molar-refractivity contribution in [2.75, 3.05) is 13.1 Å². The first-order chi connectivity index (χ1) is 8.59. The van der Waals surface area contributed by atoms with Gasteiger partial charge < -0.3 is 16.0 Å². The van der Waals surface area contributed by atoms with E-state index in [4.69, 9.17) is 0 Å². The molecule has 1 aromatic rings. The van der Waals surface area contributed by atoms with Crippen LogP contribution in [0.4, 0.5) is 4.79 Å². The van der Waals surface area contributed by atoms with Gasteiger partial charge >= 0.3 is 6.03 Å². The summed E-state index contributed by atoms with van der Waals surface area (Å²) < 4.78 is 0. The summed E-state index contributed by atoms with van der Waals surface area (Å²) in [6, 6.07) is 3.69. The number of carbonyl (C=O) groups excluding carboxylic acids is 2. The van der Waals surface area contributed by atoms with E-state index in [1.54, 1.807) is 11.3 Å². The predicted molar refractivity (Wildman–Crippen MR) is 72.4 cm³/mol. The molecule has 0 atom stereocenters. The van der Waals surface area contributed by atoms with Gasteiger partial charge in [-0.15, -0.1) is 11.3 Å². The lowest BCUT2D eigenvalue weighted by molar-refractivity contribution is -0.123. The lowest BCUT2D eigenvalue weighted by Crippen LogP contribution is -2.40. The molecule has 0 unspecified atom stereocenters. The molecule has 0 aliphatic carbocycles. The first kappa shape index (κ1) is 14.5. The van der Waals surface area contributed by atoms with Crippen LogP contribution in [0.2, 0.25) is 0 Å². The molecule has 3 N–H and O–H groups in total. The molecule has 0 aliphatic heterocycles. The van der Waals surface area contributed by atoms with Crippen molar-refractivity contribution in [1.82, 2.24) is 16.0 Å². The van der Waals surface area contributed by atoms with Crippen molar-refractivity contribution >= 4 is 23.3 Å². The Balaban J connectivity index is 2.05. The number of urea groups is 1. The third kappa shape index (κ3) is 5.67. The van der Waals surface area contributed by atoms with Crippen molar-refractivity contribution in [3.63, 3.8) is 0 Å². The maximum absolute atomic E-state index is 11.4. The van der Waals surface area contributed by atoms with E-state index in [2.05, 4.69) is 16.0 Å². The highest BCUT2D eigenvalue weighted by Crippen LogP contribution is 2.06. The molecular formula is C12H19N3O2S. The van der Waals surface area contributed by atoms with Crippen LogP contribution in [0.3, 0.4) is 0 Å². The Bertz CT molecular complexity index is 377. The van der Waals surface area contributed by atoms with E-state index in [-0.39, 0.29) is 17.9 Å². The molecule has 18 heavy (non-hydrogen) atoms. The first-order valence-corrected chi connectivity index (χ1v) is 6.79. The SMILES string of the molecule is CC(C)C(=O)NCCNC(=O)NCc1cccs1. The molecule has 1 heterocycles. The summed E-state index contributed by atoms with van der Waals surface area (Å²) in [5.74, 6) is -0.0338. The third-order valence-corrected chi connectivity index (χ3v) is 3.11. The molecule has 5 nitrogen and oxygen atoms in total. The number of rotatable bonds is 6. The number of hydrogen-bond donors (Lipinski definition) is 3. The molecule has 0 bridgehead atoms. The van der Waals surface area contributed by atoms with Crippen LogP contribution in [-0.4, -0.2) is 25.0 Å².